The van der Waals surface area contributed by atoms with E-state index in [0.717, 1.165) is 48.5 Å². The first-order valence-electron chi connectivity index (χ1n) is 11.3. The molecule has 2 amide bonds. The van der Waals surface area contributed by atoms with Crippen LogP contribution in [0.2, 0.25) is 0 Å². The molecule has 3 aliphatic rings. The first-order valence-corrected chi connectivity index (χ1v) is 14.1. The molecule has 2 aromatic carbocycles. The minimum Gasteiger partial charge on any atom is -0.298 e. The summed E-state index contributed by atoms with van der Waals surface area (Å²) in [4.78, 5) is 70.6. The van der Waals surface area contributed by atoms with Crippen molar-refractivity contribution in [1.29, 1.82) is 0 Å². The molecule has 2 unspecified atom stereocenters. The Morgan fingerprint density at radius 3 is 1.81 bits per heavy atom. The van der Waals surface area contributed by atoms with E-state index in [1.54, 1.807) is 0 Å². The Bertz CT molecular complexity index is 1910. The number of hydroxylamine groups is 2. The number of nitrogens with zero attached hydrogens (tertiary/aromatic N) is 4. The van der Waals surface area contributed by atoms with E-state index in [2.05, 4.69) is 0 Å². The van der Waals surface area contributed by atoms with Gasteiger partial charge in [0.1, 0.15) is 5.92 Å². The van der Waals surface area contributed by atoms with Gasteiger partial charge in [0.15, 0.2) is 5.78 Å². The third-order valence-electron chi connectivity index (χ3n) is 6.34. The monoisotopic (exact) mass is 621 g/mol. The predicted octanol–water partition coefficient (Wildman–Crippen LogP) is 0.786. The summed E-state index contributed by atoms with van der Waals surface area (Å²) in [6, 6.07) is 6.70. The van der Waals surface area contributed by atoms with E-state index in [9.17, 15) is 56.4 Å². The Labute approximate surface area is 233 Å². The third kappa shape index (κ3) is 4.66. The van der Waals surface area contributed by atoms with Crippen LogP contribution in [0, 0.1) is 31.1 Å². The Morgan fingerprint density at radius 2 is 1.31 bits per heavy atom. The highest BCUT2D eigenvalue weighted by Gasteiger charge is 2.59. The lowest BCUT2D eigenvalue weighted by molar-refractivity contribution is -0.555. The fraction of sp³-hybridized carbons (Fsp3) is 0.136. The number of nitro benzene ring substituents is 2. The average molecular weight is 621 g/mol. The van der Waals surface area contributed by atoms with Gasteiger partial charge < -0.3 is 0 Å². The zero-order valence-electron chi connectivity index (χ0n) is 20.4. The van der Waals surface area contributed by atoms with Crippen LogP contribution in [-0.2, 0) is 43.1 Å². The van der Waals surface area contributed by atoms with E-state index >= 15 is 0 Å². The summed E-state index contributed by atoms with van der Waals surface area (Å²) in [6.07, 6.45) is -2.24. The Morgan fingerprint density at radius 1 is 0.810 bits per heavy atom. The largest absolute Gasteiger partial charge is 0.339 e. The van der Waals surface area contributed by atoms with Gasteiger partial charge in [-0.25, -0.2) is 0 Å². The molecule has 0 aromatic heterocycles. The van der Waals surface area contributed by atoms with Crippen molar-refractivity contribution in [2.75, 3.05) is 0 Å². The fourth-order valence-electron chi connectivity index (χ4n) is 4.40. The molecule has 0 bridgehead atoms. The molecule has 2 aromatic rings. The lowest BCUT2D eigenvalue weighted by Crippen LogP contribution is -2.37. The maximum atomic E-state index is 13.1. The van der Waals surface area contributed by atoms with Crippen LogP contribution in [0.1, 0.15) is 6.42 Å². The van der Waals surface area contributed by atoms with Crippen molar-refractivity contribution < 1.29 is 54.3 Å². The molecule has 2 aliphatic heterocycles. The van der Waals surface area contributed by atoms with Gasteiger partial charge in [-0.2, -0.15) is 21.0 Å². The quantitative estimate of drug-likeness (QED) is 0.130. The van der Waals surface area contributed by atoms with Gasteiger partial charge in [-0.1, -0.05) is 0 Å². The van der Waals surface area contributed by atoms with Gasteiger partial charge in [0.2, 0.25) is 6.20 Å². The summed E-state index contributed by atoms with van der Waals surface area (Å²) >= 11 is 0. The van der Waals surface area contributed by atoms with Crippen molar-refractivity contribution >= 4 is 49.2 Å². The van der Waals surface area contributed by atoms with Gasteiger partial charge in [0, 0.05) is 41.2 Å². The predicted molar refractivity (Wildman–Crippen MR) is 130 cm³/mol. The van der Waals surface area contributed by atoms with Crippen molar-refractivity contribution in [3.63, 3.8) is 0 Å². The zero-order valence-corrected chi connectivity index (χ0v) is 22.0. The second-order valence-corrected chi connectivity index (χ2v) is 11.9. The number of rotatable bonds is 8. The number of hydrogen-bond donors (Lipinski definition) is 0. The highest BCUT2D eigenvalue weighted by atomic mass is 32.2. The molecular weight excluding hydrogens is 608 g/mol. The van der Waals surface area contributed by atoms with Crippen molar-refractivity contribution in [2.45, 2.75) is 22.4 Å². The maximum Gasteiger partial charge on any atom is 0.339 e. The summed E-state index contributed by atoms with van der Waals surface area (Å²) in [7, 11) is -9.69. The van der Waals surface area contributed by atoms with E-state index in [1.807, 2.05) is 0 Å². The van der Waals surface area contributed by atoms with Crippen LogP contribution in [0.4, 0.5) is 11.4 Å². The number of carbonyl (C=O) groups is 3. The molecule has 1 aliphatic carbocycles. The van der Waals surface area contributed by atoms with Crippen LogP contribution in [0.15, 0.2) is 81.2 Å². The second kappa shape index (κ2) is 9.80. The summed E-state index contributed by atoms with van der Waals surface area (Å²) in [5.74, 6) is -5.33. The molecule has 0 radical (unpaired) electrons. The number of Topliss-reactive ketones (excluding diaryl/α,β-unsaturated/α-hetero) is 1. The van der Waals surface area contributed by atoms with Crippen molar-refractivity contribution in [3.8, 4) is 0 Å². The highest BCUT2D eigenvalue weighted by Crippen LogP contribution is 2.44. The SMILES string of the molecule is O=C1CC2=C(C(=O)N(OS(=O)(=O)c3ccc([N+](=O)[O-])cc3)C2=O)C2=C[N+](=O)C(OS(=O)(=O)c3ccc([N+](=O)[O-])cc3)C12. The first kappa shape index (κ1) is 28.5. The average Bonchev–Trinajstić information content (AvgIpc) is 3.37. The van der Waals surface area contributed by atoms with Crippen LogP contribution < -0.4 is 0 Å². The zero-order chi connectivity index (χ0) is 30.7. The molecule has 0 saturated carbocycles. The highest BCUT2D eigenvalue weighted by molar-refractivity contribution is 7.87. The number of fused-ring (bicyclic) bond motifs is 2. The van der Waals surface area contributed by atoms with Crippen LogP contribution in [0.25, 0.3) is 0 Å². The smallest absolute Gasteiger partial charge is 0.298 e. The third-order valence-corrected chi connectivity index (χ3v) is 8.83. The van der Waals surface area contributed by atoms with Gasteiger partial charge >= 0.3 is 26.5 Å². The van der Waals surface area contributed by atoms with Crippen molar-refractivity contribution in [1.82, 2.24) is 5.06 Å². The number of carbonyl (C=O) groups excluding carboxylic acids is 3. The van der Waals surface area contributed by atoms with Crippen LogP contribution >= 0.6 is 0 Å². The molecule has 0 fully saturated rings. The Hall–Kier alpha value is -5.05. The van der Waals surface area contributed by atoms with Gasteiger partial charge in [-0.05, 0) is 24.3 Å². The van der Waals surface area contributed by atoms with E-state index in [0.29, 0.717) is 6.20 Å². The summed E-state index contributed by atoms with van der Waals surface area (Å²) in [5.41, 5.74) is -2.39. The number of non-ortho nitro benzene ring substituents is 2. The van der Waals surface area contributed by atoms with E-state index in [1.165, 1.54) is 0 Å². The molecule has 5 rings (SSSR count). The van der Waals surface area contributed by atoms with Crippen molar-refractivity contribution in [2.24, 2.45) is 5.92 Å². The second-order valence-electron chi connectivity index (χ2n) is 8.79. The van der Waals surface area contributed by atoms with Gasteiger partial charge in [-0.3, -0.25) is 34.6 Å². The molecule has 18 nitrogen and oxygen atoms in total. The number of imide groups is 1. The Kier molecular flexibility index (Phi) is 6.64. The minimum atomic E-state index is -4.90. The number of nitroso groups, excluding NO2 is 1. The maximum absolute atomic E-state index is 13.1. The number of nitro groups is 2. The molecule has 0 saturated heterocycles. The number of hydrogen-bond acceptors (Lipinski definition) is 14. The van der Waals surface area contributed by atoms with E-state index < -0.39 is 104 Å². The summed E-state index contributed by atoms with van der Waals surface area (Å²) < 4.78 is 60.5. The summed E-state index contributed by atoms with van der Waals surface area (Å²) in [6.45, 7) is 0. The van der Waals surface area contributed by atoms with Gasteiger partial charge in [0.05, 0.1) is 35.5 Å². The Balaban J connectivity index is 1.40. The summed E-state index contributed by atoms with van der Waals surface area (Å²) in [5, 5.41) is 21.5. The number of ketones is 1. The lowest BCUT2D eigenvalue weighted by atomic mass is 9.80. The van der Waals surface area contributed by atoms with Gasteiger partial charge in [-0.15, -0.1) is 9.35 Å². The molecule has 0 N–H and O–H groups in total. The fourth-order valence-corrected chi connectivity index (χ4v) is 6.33. The number of benzene rings is 2. The first-order chi connectivity index (χ1) is 19.6. The molecule has 42 heavy (non-hydrogen) atoms. The van der Waals surface area contributed by atoms with E-state index in [4.69, 9.17) is 8.47 Å². The lowest BCUT2D eigenvalue weighted by Gasteiger charge is -2.19. The molecule has 0 spiro atoms. The van der Waals surface area contributed by atoms with Crippen LogP contribution in [-0.4, -0.2) is 60.3 Å². The van der Waals surface area contributed by atoms with Crippen LogP contribution in [0.5, 0.6) is 0 Å². The molecular formula is C22H13N4O14S2+. The van der Waals surface area contributed by atoms with E-state index in [-0.39, 0.29) is 9.82 Å². The van der Waals surface area contributed by atoms with Gasteiger partial charge in [0.25, 0.3) is 23.2 Å². The molecule has 2 atom stereocenters. The standard InChI is InChI=1S/C22H13N4O14S2/c27-17-9-15-18(21(29)24(20(15)28)40-42(37,38)14-7-3-12(4-8-14)26(33)34)16-10-23(30)22(19(16)17)39-41(35,36)13-5-1-11(2-6-13)25(31)32/h1-8,10,19,22H,9H2/q+1. The minimum absolute atomic E-state index is 0.0777. The van der Waals surface area contributed by atoms with Crippen molar-refractivity contribution in [3.05, 3.63) is 96.6 Å². The molecule has 216 valence electrons. The number of amides is 2. The van der Waals surface area contributed by atoms with Crippen LogP contribution in [0.3, 0.4) is 0 Å². The normalized spacial score (nSPS) is 20.5. The topological polar surface area (TPSA) is 248 Å². The molecule has 2 heterocycles. The molecule has 20 heteroatoms.